The van der Waals surface area contributed by atoms with Crippen molar-refractivity contribution in [1.29, 1.82) is 0 Å². The molecule has 0 saturated heterocycles. The summed E-state index contributed by atoms with van der Waals surface area (Å²) in [6.45, 7) is -1.63. The zero-order valence-corrected chi connectivity index (χ0v) is 10.6. The molecule has 11 heavy (non-hydrogen) atoms. The second kappa shape index (κ2) is 6.87. The molecule has 0 aliphatic rings. The van der Waals surface area contributed by atoms with E-state index in [0.717, 1.165) is 10.7 Å². The molecule has 2 N–H and O–H groups in total. The minimum absolute atomic E-state index is 0.593. The molecule has 0 amide bonds. The summed E-state index contributed by atoms with van der Waals surface area (Å²) in [7, 11) is 0. The molecule has 0 heterocycles. The van der Waals surface area contributed by atoms with Crippen molar-refractivity contribution in [3.05, 3.63) is 0 Å². The lowest BCUT2D eigenvalue weighted by molar-refractivity contribution is 0.568. The predicted molar refractivity (Wildman–Crippen MR) is 57.1 cm³/mol. The van der Waals surface area contributed by atoms with Gasteiger partial charge in [-0.2, -0.15) is 0 Å². The van der Waals surface area contributed by atoms with E-state index in [9.17, 15) is 4.57 Å². The third-order valence-corrected chi connectivity index (χ3v) is 3.59. The summed E-state index contributed by atoms with van der Waals surface area (Å²) in [5.41, 5.74) is 0. The monoisotopic (exact) mass is 326 g/mol. The van der Waals surface area contributed by atoms with Crippen molar-refractivity contribution in [1.82, 2.24) is 10.2 Å². The highest BCUT2D eigenvalue weighted by Gasteiger charge is 2.14. The van der Waals surface area contributed by atoms with Crippen molar-refractivity contribution in [3.63, 3.8) is 0 Å². The number of hydrogen-bond donors (Lipinski definition) is 2. The van der Waals surface area contributed by atoms with Crippen molar-refractivity contribution in [3.8, 4) is 0 Å². The van der Waals surface area contributed by atoms with Gasteiger partial charge < -0.3 is 0 Å². The Morgan fingerprint density at radius 3 is 1.82 bits per heavy atom. The van der Waals surface area contributed by atoms with E-state index >= 15 is 0 Å². The second-order valence-corrected chi connectivity index (χ2v) is 6.44. The molecule has 3 nitrogen and oxygen atoms in total. The van der Waals surface area contributed by atoms with Crippen LogP contribution in [0.5, 0.6) is 0 Å². The van der Waals surface area contributed by atoms with Crippen LogP contribution in [-0.2, 0) is 4.57 Å². The van der Waals surface area contributed by atoms with Crippen LogP contribution in [0.1, 0.15) is 0 Å². The normalized spacial score (nSPS) is 11.9. The number of halogens is 3. The van der Waals surface area contributed by atoms with Gasteiger partial charge in [-0.3, -0.25) is 4.57 Å². The van der Waals surface area contributed by atoms with Crippen LogP contribution in [0.4, 0.5) is 0 Å². The maximum Gasteiger partial charge on any atom is 0.299 e. The standard InChI is InChI=1S/C4H10Br2ClN2OP/c5-1-3-8-11(7,10)9-4-2-6/h1-4H2,(H2,8,9,10). The Morgan fingerprint density at radius 1 is 1.18 bits per heavy atom. The molecule has 0 saturated carbocycles. The summed E-state index contributed by atoms with van der Waals surface area (Å²) in [5.74, 6) is 0. The Balaban J connectivity index is 3.53. The average molecular weight is 328 g/mol. The Kier molecular flexibility index (Phi) is 7.74. The number of rotatable bonds is 6. The lowest BCUT2D eigenvalue weighted by Crippen LogP contribution is -2.21. The topological polar surface area (TPSA) is 41.1 Å². The molecule has 0 aromatic carbocycles. The van der Waals surface area contributed by atoms with Crippen LogP contribution in [0, 0.1) is 0 Å². The molecule has 0 fully saturated rings. The van der Waals surface area contributed by atoms with Crippen LogP contribution < -0.4 is 10.2 Å². The maximum absolute atomic E-state index is 11.2. The van der Waals surface area contributed by atoms with E-state index < -0.39 is 6.80 Å². The van der Waals surface area contributed by atoms with Gasteiger partial charge in [0.2, 0.25) is 0 Å². The fourth-order valence-corrected chi connectivity index (χ4v) is 2.86. The van der Waals surface area contributed by atoms with E-state index in [2.05, 4.69) is 42.0 Å². The van der Waals surface area contributed by atoms with Crippen LogP contribution in [0.25, 0.3) is 0 Å². The van der Waals surface area contributed by atoms with Crippen molar-refractivity contribution < 1.29 is 4.57 Å². The molecule has 0 rings (SSSR count). The minimum atomic E-state index is -2.81. The summed E-state index contributed by atoms with van der Waals surface area (Å²) in [6.07, 6.45) is 0. The molecule has 0 atom stereocenters. The molecule has 68 valence electrons. The Hall–Kier alpha value is 1.40. The lowest BCUT2D eigenvalue weighted by atomic mass is 10.8. The zero-order chi connectivity index (χ0) is 8.74. The molecular weight excluding hydrogens is 318 g/mol. The first kappa shape index (κ1) is 12.4. The van der Waals surface area contributed by atoms with E-state index in [1.165, 1.54) is 0 Å². The first-order valence-corrected chi connectivity index (χ1v) is 7.90. The summed E-state index contributed by atoms with van der Waals surface area (Å²) < 4.78 is 11.2. The summed E-state index contributed by atoms with van der Waals surface area (Å²) in [4.78, 5) is 0. The summed E-state index contributed by atoms with van der Waals surface area (Å²) in [6, 6.07) is 0. The molecule has 7 heteroatoms. The van der Waals surface area contributed by atoms with Gasteiger partial charge >= 0.3 is 0 Å². The summed E-state index contributed by atoms with van der Waals surface area (Å²) >= 11 is 12.0. The zero-order valence-electron chi connectivity index (χ0n) is 5.82. The van der Waals surface area contributed by atoms with Crippen molar-refractivity contribution in [2.24, 2.45) is 0 Å². The molecule has 0 bridgehead atoms. The number of hydrogen-bond acceptors (Lipinski definition) is 1. The van der Waals surface area contributed by atoms with Gasteiger partial charge in [0, 0.05) is 23.7 Å². The van der Waals surface area contributed by atoms with E-state index in [1.807, 2.05) is 0 Å². The highest BCUT2D eigenvalue weighted by atomic mass is 79.9. The van der Waals surface area contributed by atoms with Crippen LogP contribution in [0.15, 0.2) is 0 Å². The molecule has 0 aliphatic heterocycles. The average Bonchev–Trinajstić information content (AvgIpc) is 1.97. The van der Waals surface area contributed by atoms with Crippen LogP contribution >= 0.6 is 49.9 Å². The van der Waals surface area contributed by atoms with E-state index in [1.54, 1.807) is 0 Å². The third kappa shape index (κ3) is 7.75. The Morgan fingerprint density at radius 2 is 1.55 bits per heavy atom. The maximum atomic E-state index is 11.2. The smallest absolute Gasteiger partial charge is 0.271 e. The molecular formula is C4H10Br2ClN2OP. The second-order valence-electron chi connectivity index (χ2n) is 1.73. The van der Waals surface area contributed by atoms with Crippen LogP contribution in [-0.4, -0.2) is 23.7 Å². The largest absolute Gasteiger partial charge is 0.299 e. The van der Waals surface area contributed by atoms with Crippen molar-refractivity contribution in [2.45, 2.75) is 0 Å². The van der Waals surface area contributed by atoms with Gasteiger partial charge in [0.15, 0.2) is 0 Å². The van der Waals surface area contributed by atoms with Gasteiger partial charge in [0.05, 0.1) is 0 Å². The highest BCUT2D eigenvalue weighted by Crippen LogP contribution is 2.41. The fraction of sp³-hybridized carbons (Fsp3) is 1.00. The molecule has 0 unspecified atom stereocenters. The molecule has 0 aromatic heterocycles. The van der Waals surface area contributed by atoms with Crippen molar-refractivity contribution in [2.75, 3.05) is 23.7 Å². The molecule has 0 spiro atoms. The van der Waals surface area contributed by atoms with E-state index in [0.29, 0.717) is 13.1 Å². The number of alkyl halides is 2. The molecule has 0 aromatic rings. The SMILES string of the molecule is O=P(Cl)(NCCBr)NCCBr. The first-order valence-electron chi connectivity index (χ1n) is 3.04. The van der Waals surface area contributed by atoms with Crippen molar-refractivity contribution >= 4 is 49.9 Å². The molecule has 0 aliphatic carbocycles. The third-order valence-electron chi connectivity index (χ3n) is 0.819. The van der Waals surface area contributed by atoms with E-state index in [-0.39, 0.29) is 0 Å². The van der Waals surface area contributed by atoms with Gasteiger partial charge in [0.1, 0.15) is 0 Å². The van der Waals surface area contributed by atoms with Crippen LogP contribution in [0.3, 0.4) is 0 Å². The van der Waals surface area contributed by atoms with Gasteiger partial charge in [-0.15, -0.1) is 0 Å². The summed E-state index contributed by atoms with van der Waals surface area (Å²) in [5, 5.41) is 6.84. The van der Waals surface area contributed by atoms with E-state index in [4.69, 9.17) is 11.2 Å². The van der Waals surface area contributed by atoms with Gasteiger partial charge in [-0.25, -0.2) is 10.2 Å². The molecule has 0 radical (unpaired) electrons. The first-order chi connectivity index (χ1) is 5.12. The Labute approximate surface area is 88.2 Å². The number of nitrogens with one attached hydrogen (secondary N) is 2. The quantitative estimate of drug-likeness (QED) is 0.581. The minimum Gasteiger partial charge on any atom is -0.271 e. The van der Waals surface area contributed by atoms with Gasteiger partial charge in [-0.1, -0.05) is 31.9 Å². The highest BCUT2D eigenvalue weighted by molar-refractivity contribution is 9.09. The predicted octanol–water partition coefficient (Wildman–Crippen LogP) is 2.30. The van der Waals surface area contributed by atoms with Gasteiger partial charge in [0.25, 0.3) is 6.80 Å². The fourth-order valence-electron chi connectivity index (χ4n) is 0.428. The Bertz CT molecular complexity index is 136. The van der Waals surface area contributed by atoms with Gasteiger partial charge in [-0.05, 0) is 11.2 Å². The van der Waals surface area contributed by atoms with Crippen LogP contribution in [0.2, 0.25) is 0 Å². The lowest BCUT2D eigenvalue weighted by Gasteiger charge is -2.11.